The summed E-state index contributed by atoms with van der Waals surface area (Å²) in [5.41, 5.74) is 2.72. The number of rotatable bonds is 3. The minimum absolute atomic E-state index is 0.404. The first-order valence-electron chi connectivity index (χ1n) is 5.86. The topological polar surface area (TPSA) is 4.93 Å². The zero-order valence-corrected chi connectivity index (χ0v) is 11.0. The fourth-order valence-electron chi connectivity index (χ4n) is 2.30. The van der Waals surface area contributed by atoms with Crippen molar-refractivity contribution in [3.63, 3.8) is 0 Å². The third-order valence-electron chi connectivity index (χ3n) is 2.85. The molecule has 2 heteroatoms. The van der Waals surface area contributed by atoms with Crippen molar-refractivity contribution in [2.24, 2.45) is 0 Å². The van der Waals surface area contributed by atoms with Crippen molar-refractivity contribution in [3.8, 4) is 0 Å². The number of benzene rings is 1. The van der Waals surface area contributed by atoms with Gasteiger partial charge in [-0.1, -0.05) is 25.1 Å². The van der Waals surface area contributed by atoms with Crippen LogP contribution >= 0.6 is 12.6 Å². The first-order valence-corrected chi connectivity index (χ1v) is 6.38. The van der Waals surface area contributed by atoms with Crippen LogP contribution in [0.1, 0.15) is 32.5 Å². The Kier molecular flexibility index (Phi) is 3.29. The minimum Gasteiger partial charge on any atom is -0.342 e. The predicted octanol–water partition coefficient (Wildman–Crippen LogP) is 4.08. The Balaban J connectivity index is 2.58. The molecule has 0 saturated carbocycles. The molecular formula is C14H19NS. The molecule has 0 aliphatic carbocycles. The van der Waals surface area contributed by atoms with E-state index in [0.717, 1.165) is 6.42 Å². The van der Waals surface area contributed by atoms with Crippen LogP contribution in [0.2, 0.25) is 0 Å². The van der Waals surface area contributed by atoms with Gasteiger partial charge in [0.05, 0.1) is 0 Å². The molecule has 86 valence electrons. The van der Waals surface area contributed by atoms with Crippen molar-refractivity contribution in [1.82, 2.24) is 4.57 Å². The number of fused-ring (bicyclic) bond motifs is 1. The third-order valence-corrected chi connectivity index (χ3v) is 3.03. The molecule has 1 nitrogen and oxygen atoms in total. The van der Waals surface area contributed by atoms with Gasteiger partial charge in [-0.2, -0.15) is 12.6 Å². The Bertz CT molecular complexity index is 482. The molecule has 1 aromatic heterocycles. The molecule has 0 spiro atoms. The summed E-state index contributed by atoms with van der Waals surface area (Å²) in [6, 6.07) is 11.4. The predicted molar refractivity (Wildman–Crippen MR) is 74.5 cm³/mol. The normalized spacial score (nSPS) is 13.6. The molecule has 2 aromatic rings. The molecular weight excluding hydrogens is 214 g/mol. The van der Waals surface area contributed by atoms with Crippen molar-refractivity contribution in [2.75, 3.05) is 0 Å². The van der Waals surface area contributed by atoms with E-state index in [1.807, 2.05) is 0 Å². The van der Waals surface area contributed by atoms with Crippen molar-refractivity contribution in [2.45, 2.75) is 38.5 Å². The Morgan fingerprint density at radius 3 is 2.50 bits per heavy atom. The molecule has 0 aliphatic heterocycles. The standard InChI is InChI=1S/C14H19NS/c1-10(2)15-13(8-11(3)16)9-12-6-4-5-7-14(12)15/h4-7,9-11,16H,8H2,1-3H3. The third kappa shape index (κ3) is 2.12. The summed E-state index contributed by atoms with van der Waals surface area (Å²) in [4.78, 5) is 0. The Labute approximate surface area is 103 Å². The van der Waals surface area contributed by atoms with E-state index < -0.39 is 0 Å². The second-order valence-corrected chi connectivity index (χ2v) is 5.59. The second-order valence-electron chi connectivity index (χ2n) is 4.71. The highest BCUT2D eigenvalue weighted by Crippen LogP contribution is 2.25. The molecule has 16 heavy (non-hydrogen) atoms. The smallest absolute Gasteiger partial charge is 0.0484 e. The highest BCUT2D eigenvalue weighted by molar-refractivity contribution is 7.80. The average molecular weight is 233 g/mol. The number of para-hydroxylation sites is 1. The summed E-state index contributed by atoms with van der Waals surface area (Å²) in [5, 5.41) is 1.74. The minimum atomic E-state index is 0.404. The van der Waals surface area contributed by atoms with Gasteiger partial charge in [-0.3, -0.25) is 0 Å². The van der Waals surface area contributed by atoms with E-state index in [1.54, 1.807) is 0 Å². The fraction of sp³-hybridized carbons (Fsp3) is 0.429. The highest BCUT2D eigenvalue weighted by atomic mass is 32.1. The SMILES string of the molecule is CC(S)Cc1cc2ccccc2n1C(C)C. The van der Waals surface area contributed by atoms with E-state index in [1.165, 1.54) is 16.6 Å². The second kappa shape index (κ2) is 4.54. The first kappa shape index (κ1) is 11.6. The van der Waals surface area contributed by atoms with Crippen LogP contribution in [0.25, 0.3) is 10.9 Å². The molecule has 0 bridgehead atoms. The molecule has 2 rings (SSSR count). The van der Waals surface area contributed by atoms with Gasteiger partial charge in [0.2, 0.25) is 0 Å². The van der Waals surface area contributed by atoms with Crippen LogP contribution in [-0.2, 0) is 6.42 Å². The van der Waals surface area contributed by atoms with E-state index in [9.17, 15) is 0 Å². The summed E-state index contributed by atoms with van der Waals surface area (Å²) in [5.74, 6) is 0. The van der Waals surface area contributed by atoms with Gasteiger partial charge in [0, 0.05) is 22.5 Å². The van der Waals surface area contributed by atoms with Crippen molar-refractivity contribution in [3.05, 3.63) is 36.0 Å². The molecule has 1 heterocycles. The lowest BCUT2D eigenvalue weighted by molar-refractivity contribution is 0.592. The maximum atomic E-state index is 4.49. The van der Waals surface area contributed by atoms with Gasteiger partial charge in [-0.15, -0.1) is 0 Å². The van der Waals surface area contributed by atoms with Crippen LogP contribution in [0.3, 0.4) is 0 Å². The number of nitrogens with zero attached hydrogens (tertiary/aromatic N) is 1. The molecule has 1 aromatic carbocycles. The number of aromatic nitrogens is 1. The molecule has 0 fully saturated rings. The lowest BCUT2D eigenvalue weighted by Gasteiger charge is -2.15. The summed E-state index contributed by atoms with van der Waals surface area (Å²) >= 11 is 4.49. The van der Waals surface area contributed by atoms with Gasteiger partial charge in [-0.25, -0.2) is 0 Å². The highest BCUT2D eigenvalue weighted by Gasteiger charge is 2.11. The van der Waals surface area contributed by atoms with Crippen LogP contribution in [0.5, 0.6) is 0 Å². The Hall–Kier alpha value is -0.890. The van der Waals surface area contributed by atoms with Gasteiger partial charge < -0.3 is 4.57 Å². The van der Waals surface area contributed by atoms with Crippen LogP contribution < -0.4 is 0 Å². The number of thiol groups is 1. The summed E-state index contributed by atoms with van der Waals surface area (Å²) in [6.07, 6.45) is 1.02. The maximum absolute atomic E-state index is 4.49. The Morgan fingerprint density at radius 2 is 1.88 bits per heavy atom. The van der Waals surface area contributed by atoms with E-state index in [0.29, 0.717) is 11.3 Å². The van der Waals surface area contributed by atoms with Gasteiger partial charge in [0.15, 0.2) is 0 Å². The van der Waals surface area contributed by atoms with Crippen LogP contribution in [0, 0.1) is 0 Å². The van der Waals surface area contributed by atoms with Crippen molar-refractivity contribution in [1.29, 1.82) is 0 Å². The fourth-order valence-corrected chi connectivity index (χ4v) is 2.49. The quantitative estimate of drug-likeness (QED) is 0.762. The van der Waals surface area contributed by atoms with E-state index >= 15 is 0 Å². The Morgan fingerprint density at radius 1 is 1.19 bits per heavy atom. The first-order chi connectivity index (χ1) is 7.59. The maximum Gasteiger partial charge on any atom is 0.0484 e. The monoisotopic (exact) mass is 233 g/mol. The van der Waals surface area contributed by atoms with Gasteiger partial charge in [0.1, 0.15) is 0 Å². The zero-order valence-electron chi connectivity index (χ0n) is 10.1. The van der Waals surface area contributed by atoms with E-state index in [-0.39, 0.29) is 0 Å². The number of hydrogen-bond donors (Lipinski definition) is 1. The van der Waals surface area contributed by atoms with Crippen molar-refractivity contribution < 1.29 is 0 Å². The van der Waals surface area contributed by atoms with Crippen LogP contribution in [-0.4, -0.2) is 9.82 Å². The molecule has 1 unspecified atom stereocenters. The lowest BCUT2D eigenvalue weighted by atomic mass is 10.2. The molecule has 1 atom stereocenters. The van der Waals surface area contributed by atoms with Crippen LogP contribution in [0.4, 0.5) is 0 Å². The molecule has 0 radical (unpaired) electrons. The summed E-state index contributed by atoms with van der Waals surface area (Å²) in [6.45, 7) is 6.61. The van der Waals surface area contributed by atoms with E-state index in [2.05, 4.69) is 68.3 Å². The van der Waals surface area contributed by atoms with Gasteiger partial charge in [-0.05, 0) is 37.8 Å². The average Bonchev–Trinajstić information content (AvgIpc) is 2.53. The van der Waals surface area contributed by atoms with Gasteiger partial charge in [0.25, 0.3) is 0 Å². The van der Waals surface area contributed by atoms with Crippen LogP contribution in [0.15, 0.2) is 30.3 Å². The molecule has 0 N–H and O–H groups in total. The summed E-state index contributed by atoms with van der Waals surface area (Å²) in [7, 11) is 0. The van der Waals surface area contributed by atoms with E-state index in [4.69, 9.17) is 0 Å². The largest absolute Gasteiger partial charge is 0.342 e. The number of hydrogen-bond acceptors (Lipinski definition) is 1. The lowest BCUT2D eigenvalue weighted by Crippen LogP contribution is -2.08. The molecule has 0 aliphatic rings. The summed E-state index contributed by atoms with van der Waals surface area (Å²) < 4.78 is 2.42. The molecule has 0 saturated heterocycles. The molecule has 0 amide bonds. The zero-order chi connectivity index (χ0) is 11.7. The van der Waals surface area contributed by atoms with Crippen molar-refractivity contribution >= 4 is 23.5 Å². The van der Waals surface area contributed by atoms with Gasteiger partial charge >= 0.3 is 0 Å².